The van der Waals surface area contributed by atoms with Crippen LogP contribution < -0.4 is 5.32 Å². The van der Waals surface area contributed by atoms with E-state index in [1.165, 1.54) is 0 Å². The van der Waals surface area contributed by atoms with Crippen LogP contribution >= 0.6 is 0 Å². The van der Waals surface area contributed by atoms with Crippen LogP contribution in [0.5, 0.6) is 0 Å². The number of amides is 1. The Morgan fingerprint density at radius 3 is 2.60 bits per heavy atom. The summed E-state index contributed by atoms with van der Waals surface area (Å²) in [5, 5.41) is 3.32. The molecule has 15 heavy (non-hydrogen) atoms. The molecule has 1 heterocycles. The SMILES string of the molecule is CCCC(C)C(=O)N(C)C1CCNCC1. The van der Waals surface area contributed by atoms with Crippen LogP contribution in [-0.4, -0.2) is 37.0 Å². The molecule has 0 saturated carbocycles. The molecule has 1 aliphatic rings. The molecule has 1 fully saturated rings. The minimum atomic E-state index is 0.190. The molecule has 1 rings (SSSR count). The van der Waals surface area contributed by atoms with Crippen molar-refractivity contribution in [2.75, 3.05) is 20.1 Å². The van der Waals surface area contributed by atoms with Gasteiger partial charge in [0.1, 0.15) is 0 Å². The van der Waals surface area contributed by atoms with E-state index in [-0.39, 0.29) is 5.92 Å². The van der Waals surface area contributed by atoms with Crippen molar-refractivity contribution in [1.29, 1.82) is 0 Å². The predicted octanol–water partition coefficient (Wildman–Crippen LogP) is 1.63. The molecule has 0 aromatic rings. The standard InChI is InChI=1S/C12H24N2O/c1-4-5-10(2)12(15)14(3)11-6-8-13-9-7-11/h10-11,13H,4-9H2,1-3H3. The van der Waals surface area contributed by atoms with Gasteiger partial charge in [-0.05, 0) is 32.4 Å². The first kappa shape index (κ1) is 12.5. The summed E-state index contributed by atoms with van der Waals surface area (Å²) in [6.45, 7) is 6.27. The lowest BCUT2D eigenvalue weighted by atomic mass is 10.0. The van der Waals surface area contributed by atoms with Gasteiger partial charge in [-0.3, -0.25) is 4.79 Å². The summed E-state index contributed by atoms with van der Waals surface area (Å²) in [5.74, 6) is 0.513. The first-order valence-electron chi connectivity index (χ1n) is 6.14. The van der Waals surface area contributed by atoms with E-state index < -0.39 is 0 Å². The summed E-state index contributed by atoms with van der Waals surface area (Å²) in [4.78, 5) is 14.0. The van der Waals surface area contributed by atoms with E-state index in [1.54, 1.807) is 0 Å². The summed E-state index contributed by atoms with van der Waals surface area (Å²) < 4.78 is 0. The molecule has 0 aliphatic carbocycles. The van der Waals surface area contributed by atoms with E-state index in [9.17, 15) is 4.79 Å². The Morgan fingerprint density at radius 2 is 2.07 bits per heavy atom. The molecule has 88 valence electrons. The summed E-state index contributed by atoms with van der Waals surface area (Å²) >= 11 is 0. The second kappa shape index (κ2) is 6.11. The van der Waals surface area contributed by atoms with E-state index in [1.807, 2.05) is 18.9 Å². The van der Waals surface area contributed by atoms with Gasteiger partial charge in [-0.1, -0.05) is 20.3 Å². The van der Waals surface area contributed by atoms with Crippen LogP contribution in [0.15, 0.2) is 0 Å². The summed E-state index contributed by atoms with van der Waals surface area (Å²) in [5.41, 5.74) is 0. The fourth-order valence-electron chi connectivity index (χ4n) is 2.28. The van der Waals surface area contributed by atoms with Crippen molar-refractivity contribution >= 4 is 5.91 Å². The lowest BCUT2D eigenvalue weighted by Crippen LogP contribution is -2.45. The van der Waals surface area contributed by atoms with Crippen molar-refractivity contribution in [1.82, 2.24) is 10.2 Å². The van der Waals surface area contributed by atoms with Crippen molar-refractivity contribution < 1.29 is 4.79 Å². The van der Waals surface area contributed by atoms with Gasteiger partial charge in [0.25, 0.3) is 0 Å². The predicted molar refractivity (Wildman–Crippen MR) is 62.7 cm³/mol. The summed E-state index contributed by atoms with van der Waals surface area (Å²) in [6.07, 6.45) is 4.29. The van der Waals surface area contributed by atoms with E-state index in [2.05, 4.69) is 12.2 Å². The van der Waals surface area contributed by atoms with Crippen LogP contribution in [0.1, 0.15) is 39.5 Å². The molecule has 0 radical (unpaired) electrons. The maximum absolute atomic E-state index is 12.0. The van der Waals surface area contributed by atoms with Crippen molar-refractivity contribution in [2.45, 2.75) is 45.6 Å². The molecular weight excluding hydrogens is 188 g/mol. The van der Waals surface area contributed by atoms with Crippen LogP contribution in [0.25, 0.3) is 0 Å². The summed E-state index contributed by atoms with van der Waals surface area (Å²) in [6, 6.07) is 0.457. The van der Waals surface area contributed by atoms with Crippen LogP contribution in [0.3, 0.4) is 0 Å². The van der Waals surface area contributed by atoms with Gasteiger partial charge in [0.15, 0.2) is 0 Å². The number of hydrogen-bond acceptors (Lipinski definition) is 2. The zero-order valence-electron chi connectivity index (χ0n) is 10.3. The maximum atomic E-state index is 12.0. The Kier molecular flexibility index (Phi) is 5.09. The quantitative estimate of drug-likeness (QED) is 0.768. The Bertz CT molecular complexity index is 200. The van der Waals surface area contributed by atoms with Gasteiger partial charge in [-0.15, -0.1) is 0 Å². The lowest BCUT2D eigenvalue weighted by Gasteiger charge is -2.33. The number of rotatable bonds is 4. The van der Waals surface area contributed by atoms with Crippen molar-refractivity contribution in [3.8, 4) is 0 Å². The average Bonchev–Trinajstić information content (AvgIpc) is 2.28. The van der Waals surface area contributed by atoms with Crippen LogP contribution in [0.2, 0.25) is 0 Å². The Morgan fingerprint density at radius 1 is 1.47 bits per heavy atom. The molecule has 0 aromatic heterocycles. The highest BCUT2D eigenvalue weighted by atomic mass is 16.2. The lowest BCUT2D eigenvalue weighted by molar-refractivity contribution is -0.136. The third kappa shape index (κ3) is 3.49. The molecule has 1 unspecified atom stereocenters. The summed E-state index contributed by atoms with van der Waals surface area (Å²) in [7, 11) is 1.96. The molecule has 1 atom stereocenters. The first-order chi connectivity index (χ1) is 7.16. The highest BCUT2D eigenvalue weighted by Crippen LogP contribution is 2.15. The molecule has 3 heteroatoms. The van der Waals surface area contributed by atoms with E-state index in [0.717, 1.165) is 38.8 Å². The molecule has 1 aliphatic heterocycles. The van der Waals surface area contributed by atoms with Gasteiger partial charge in [0.2, 0.25) is 5.91 Å². The van der Waals surface area contributed by atoms with Gasteiger partial charge in [0, 0.05) is 19.0 Å². The number of nitrogens with zero attached hydrogens (tertiary/aromatic N) is 1. The Balaban J connectivity index is 2.43. The molecule has 1 N–H and O–H groups in total. The third-order valence-electron chi connectivity index (χ3n) is 3.35. The average molecular weight is 212 g/mol. The van der Waals surface area contributed by atoms with Gasteiger partial charge in [0.05, 0.1) is 0 Å². The Hall–Kier alpha value is -0.570. The zero-order valence-corrected chi connectivity index (χ0v) is 10.3. The number of nitrogens with one attached hydrogen (secondary N) is 1. The molecular formula is C12H24N2O. The van der Waals surface area contributed by atoms with Gasteiger partial charge in [-0.2, -0.15) is 0 Å². The fraction of sp³-hybridized carbons (Fsp3) is 0.917. The second-order valence-corrected chi connectivity index (χ2v) is 4.62. The Labute approximate surface area is 93.2 Å². The van der Waals surface area contributed by atoms with Crippen LogP contribution in [0.4, 0.5) is 0 Å². The number of piperidine rings is 1. The largest absolute Gasteiger partial charge is 0.342 e. The van der Waals surface area contributed by atoms with Gasteiger partial charge in [-0.25, -0.2) is 0 Å². The van der Waals surface area contributed by atoms with Crippen molar-refractivity contribution in [2.24, 2.45) is 5.92 Å². The monoisotopic (exact) mass is 212 g/mol. The van der Waals surface area contributed by atoms with Crippen LogP contribution in [0, 0.1) is 5.92 Å². The number of carbonyl (C=O) groups excluding carboxylic acids is 1. The van der Waals surface area contributed by atoms with Crippen LogP contribution in [-0.2, 0) is 4.79 Å². The molecule has 0 bridgehead atoms. The molecule has 0 aromatic carbocycles. The number of carbonyl (C=O) groups is 1. The highest BCUT2D eigenvalue weighted by molar-refractivity contribution is 5.78. The number of hydrogen-bond donors (Lipinski definition) is 1. The first-order valence-corrected chi connectivity index (χ1v) is 6.14. The highest BCUT2D eigenvalue weighted by Gasteiger charge is 2.24. The topological polar surface area (TPSA) is 32.3 Å². The molecule has 0 spiro atoms. The van der Waals surface area contributed by atoms with Crippen molar-refractivity contribution in [3.05, 3.63) is 0 Å². The van der Waals surface area contributed by atoms with E-state index >= 15 is 0 Å². The van der Waals surface area contributed by atoms with Gasteiger partial charge < -0.3 is 10.2 Å². The van der Waals surface area contributed by atoms with Gasteiger partial charge >= 0.3 is 0 Å². The maximum Gasteiger partial charge on any atom is 0.225 e. The van der Waals surface area contributed by atoms with Crippen molar-refractivity contribution in [3.63, 3.8) is 0 Å². The van der Waals surface area contributed by atoms with E-state index in [0.29, 0.717) is 11.9 Å². The van der Waals surface area contributed by atoms with E-state index in [4.69, 9.17) is 0 Å². The molecule has 1 saturated heterocycles. The zero-order chi connectivity index (χ0) is 11.3. The second-order valence-electron chi connectivity index (χ2n) is 4.62. The molecule has 3 nitrogen and oxygen atoms in total. The minimum Gasteiger partial charge on any atom is -0.342 e. The minimum absolute atomic E-state index is 0.190. The normalized spacial score (nSPS) is 19.9. The third-order valence-corrected chi connectivity index (χ3v) is 3.35. The molecule has 1 amide bonds. The smallest absolute Gasteiger partial charge is 0.225 e. The fourth-order valence-corrected chi connectivity index (χ4v) is 2.28.